The van der Waals surface area contributed by atoms with Crippen LogP contribution in [0.25, 0.3) is 10.2 Å². The predicted octanol–water partition coefficient (Wildman–Crippen LogP) is 4.53. The molecular weight excluding hydrogens is 418 g/mol. The zero-order chi connectivity index (χ0) is 21.9. The van der Waals surface area contributed by atoms with Crippen LogP contribution in [0, 0.1) is 13.8 Å². The topological polar surface area (TPSA) is 79.4 Å². The number of sulfonamides is 1. The molecule has 3 rings (SSSR count). The summed E-state index contributed by atoms with van der Waals surface area (Å²) in [5.74, 6) is -0.345. The number of aromatic nitrogens is 1. The normalized spacial score (nSPS) is 11.6. The lowest BCUT2D eigenvalue weighted by atomic mass is 10.1. The molecule has 156 valence electrons. The number of hydrogen-bond donors (Lipinski definition) is 1. The number of hydrogen-bond acceptors (Lipinski definition) is 5. The van der Waals surface area contributed by atoms with Gasteiger partial charge >= 0.3 is 0 Å². The second-order valence-electron chi connectivity index (χ2n) is 6.77. The van der Waals surface area contributed by atoms with E-state index in [4.69, 9.17) is 0 Å². The molecule has 0 fully saturated rings. The maximum atomic E-state index is 12.8. The van der Waals surface area contributed by atoms with Gasteiger partial charge in [0.2, 0.25) is 10.0 Å². The largest absolute Gasteiger partial charge is 0.298 e. The van der Waals surface area contributed by atoms with Crippen LogP contribution in [0.1, 0.15) is 21.5 Å². The molecule has 0 bridgehead atoms. The first-order valence-corrected chi connectivity index (χ1v) is 11.5. The average molecular weight is 442 g/mol. The lowest BCUT2D eigenvalue weighted by Gasteiger charge is -2.19. The fourth-order valence-corrected chi connectivity index (χ4v) is 5.36. The minimum atomic E-state index is -3.70. The van der Waals surface area contributed by atoms with Crippen LogP contribution in [0.2, 0.25) is 0 Å². The molecule has 0 atom stereocenters. The van der Waals surface area contributed by atoms with Crippen LogP contribution in [0.5, 0.6) is 0 Å². The number of carbonyl (C=O) groups is 1. The zero-order valence-corrected chi connectivity index (χ0v) is 18.5. The number of nitrogens with one attached hydrogen (secondary N) is 1. The summed E-state index contributed by atoms with van der Waals surface area (Å²) in [6.07, 6.45) is 3.04. The Balaban J connectivity index is 1.81. The highest BCUT2D eigenvalue weighted by molar-refractivity contribution is 7.89. The van der Waals surface area contributed by atoms with Crippen LogP contribution in [-0.2, 0) is 10.0 Å². The number of anilines is 1. The molecule has 0 aliphatic carbocycles. The summed E-state index contributed by atoms with van der Waals surface area (Å²) < 4.78 is 27.8. The van der Waals surface area contributed by atoms with Crippen molar-refractivity contribution in [2.24, 2.45) is 0 Å². The Labute approximate surface area is 180 Å². The van der Waals surface area contributed by atoms with Crippen molar-refractivity contribution in [3.8, 4) is 0 Å². The van der Waals surface area contributed by atoms with Crippen LogP contribution in [-0.4, -0.2) is 36.7 Å². The van der Waals surface area contributed by atoms with Gasteiger partial charge in [0.05, 0.1) is 15.1 Å². The Kier molecular flexibility index (Phi) is 6.50. The summed E-state index contributed by atoms with van der Waals surface area (Å²) in [4.78, 5) is 17.3. The summed E-state index contributed by atoms with van der Waals surface area (Å²) in [5, 5.41) is 3.31. The van der Waals surface area contributed by atoms with Gasteiger partial charge in [0, 0.05) is 18.7 Å². The van der Waals surface area contributed by atoms with Crippen LogP contribution in [0.3, 0.4) is 0 Å². The maximum Gasteiger partial charge on any atom is 0.257 e. The molecule has 0 saturated heterocycles. The van der Waals surface area contributed by atoms with E-state index in [9.17, 15) is 13.2 Å². The quantitative estimate of drug-likeness (QED) is 0.521. The molecule has 0 aliphatic heterocycles. The molecule has 1 N–H and O–H groups in total. The molecule has 30 heavy (non-hydrogen) atoms. The van der Waals surface area contributed by atoms with Crippen LogP contribution in [0.15, 0.2) is 66.6 Å². The minimum Gasteiger partial charge on any atom is -0.298 e. The van der Waals surface area contributed by atoms with Crippen molar-refractivity contribution in [1.29, 1.82) is 0 Å². The number of carbonyl (C=O) groups excluding carboxylic acids is 1. The number of fused-ring (bicyclic) bond motifs is 1. The third-order valence-corrected chi connectivity index (χ3v) is 7.53. The predicted molar refractivity (Wildman–Crippen MR) is 123 cm³/mol. The molecule has 8 heteroatoms. The summed E-state index contributed by atoms with van der Waals surface area (Å²) in [7, 11) is -3.70. The van der Waals surface area contributed by atoms with E-state index in [1.54, 1.807) is 0 Å². The van der Waals surface area contributed by atoms with Gasteiger partial charge in [-0.25, -0.2) is 13.4 Å². The average Bonchev–Trinajstić information content (AvgIpc) is 3.16. The maximum absolute atomic E-state index is 12.8. The van der Waals surface area contributed by atoms with Gasteiger partial charge in [-0.1, -0.05) is 35.6 Å². The fourth-order valence-electron chi connectivity index (χ4n) is 2.97. The molecule has 0 unspecified atom stereocenters. The second kappa shape index (κ2) is 8.91. The number of thiazole rings is 1. The van der Waals surface area contributed by atoms with Crippen LogP contribution >= 0.6 is 11.3 Å². The Morgan fingerprint density at radius 2 is 1.67 bits per heavy atom. The van der Waals surface area contributed by atoms with E-state index >= 15 is 0 Å². The van der Waals surface area contributed by atoms with Gasteiger partial charge in [-0.05, 0) is 49.2 Å². The second-order valence-corrected chi connectivity index (χ2v) is 9.71. The summed E-state index contributed by atoms with van der Waals surface area (Å²) in [5.41, 5.74) is 3.37. The number of rotatable bonds is 8. The number of amides is 1. The lowest BCUT2D eigenvalue weighted by Crippen LogP contribution is -2.31. The van der Waals surface area contributed by atoms with Gasteiger partial charge in [0.25, 0.3) is 5.91 Å². The van der Waals surface area contributed by atoms with Crippen molar-refractivity contribution >= 4 is 42.6 Å². The lowest BCUT2D eigenvalue weighted by molar-refractivity contribution is 0.102. The van der Waals surface area contributed by atoms with Gasteiger partial charge < -0.3 is 0 Å². The van der Waals surface area contributed by atoms with Gasteiger partial charge in [-0.3, -0.25) is 10.1 Å². The highest BCUT2D eigenvalue weighted by atomic mass is 32.2. The molecule has 1 amide bonds. The number of nitrogens with zero attached hydrogens (tertiary/aromatic N) is 2. The Morgan fingerprint density at radius 3 is 2.23 bits per heavy atom. The van der Waals surface area contributed by atoms with E-state index in [0.717, 1.165) is 21.3 Å². The van der Waals surface area contributed by atoms with Gasteiger partial charge in [-0.2, -0.15) is 4.31 Å². The monoisotopic (exact) mass is 441 g/mol. The first-order valence-electron chi connectivity index (χ1n) is 9.28. The van der Waals surface area contributed by atoms with Gasteiger partial charge in [-0.15, -0.1) is 13.2 Å². The summed E-state index contributed by atoms with van der Waals surface area (Å²) in [6, 6.07) is 9.87. The van der Waals surface area contributed by atoms with Crippen molar-refractivity contribution in [3.63, 3.8) is 0 Å². The molecule has 2 aromatic carbocycles. The van der Waals surface area contributed by atoms with Gasteiger partial charge in [0.15, 0.2) is 5.13 Å². The van der Waals surface area contributed by atoms with E-state index in [0.29, 0.717) is 10.7 Å². The highest BCUT2D eigenvalue weighted by Gasteiger charge is 2.22. The SMILES string of the molecule is C=CCN(CC=C)S(=O)(=O)c1ccc(C(=O)Nc2nc3c(C)ccc(C)c3s2)cc1. The van der Waals surface area contributed by atoms with E-state index < -0.39 is 10.0 Å². The molecule has 1 aromatic heterocycles. The smallest absolute Gasteiger partial charge is 0.257 e. The van der Waals surface area contributed by atoms with Crippen molar-refractivity contribution in [2.45, 2.75) is 18.7 Å². The molecule has 1 heterocycles. The molecule has 0 spiro atoms. The third-order valence-electron chi connectivity index (χ3n) is 4.58. The summed E-state index contributed by atoms with van der Waals surface area (Å²) in [6.45, 7) is 11.5. The number of benzene rings is 2. The van der Waals surface area contributed by atoms with E-state index in [-0.39, 0.29) is 23.9 Å². The van der Waals surface area contributed by atoms with E-state index in [1.165, 1.54) is 52.1 Å². The number of aryl methyl sites for hydroxylation is 2. The molecule has 6 nitrogen and oxygen atoms in total. The van der Waals surface area contributed by atoms with E-state index in [2.05, 4.69) is 23.5 Å². The Bertz CT molecular complexity index is 1160. The molecule has 0 saturated carbocycles. The first kappa shape index (κ1) is 21.9. The van der Waals surface area contributed by atoms with Crippen LogP contribution < -0.4 is 5.32 Å². The van der Waals surface area contributed by atoms with Gasteiger partial charge in [0.1, 0.15) is 0 Å². The van der Waals surface area contributed by atoms with Crippen molar-refractivity contribution in [1.82, 2.24) is 9.29 Å². The van der Waals surface area contributed by atoms with Crippen molar-refractivity contribution in [3.05, 3.63) is 78.4 Å². The first-order chi connectivity index (χ1) is 14.3. The van der Waals surface area contributed by atoms with E-state index in [1.807, 2.05) is 26.0 Å². The fraction of sp³-hybridized carbons (Fsp3) is 0.182. The third kappa shape index (κ3) is 4.35. The summed E-state index contributed by atoms with van der Waals surface area (Å²) >= 11 is 1.42. The molecule has 0 radical (unpaired) electrons. The van der Waals surface area contributed by atoms with Crippen molar-refractivity contribution in [2.75, 3.05) is 18.4 Å². The standard InChI is InChI=1S/C22H23N3O3S2/c1-5-13-25(14-6-2)30(27,28)18-11-9-17(10-12-18)21(26)24-22-23-19-15(3)7-8-16(4)20(19)29-22/h5-12H,1-2,13-14H2,3-4H3,(H,23,24,26). The molecular formula is C22H23N3O3S2. The highest BCUT2D eigenvalue weighted by Crippen LogP contribution is 2.31. The Hall–Kier alpha value is -2.81. The van der Waals surface area contributed by atoms with Crippen molar-refractivity contribution < 1.29 is 13.2 Å². The Morgan fingerprint density at radius 1 is 1.07 bits per heavy atom. The molecule has 3 aromatic rings. The molecule has 0 aliphatic rings. The van der Waals surface area contributed by atoms with Crippen LogP contribution in [0.4, 0.5) is 5.13 Å². The zero-order valence-electron chi connectivity index (χ0n) is 16.9. The minimum absolute atomic E-state index is 0.106.